The minimum Gasteiger partial charge on any atom is -0.466 e. The number of hydrogen-bond donors (Lipinski definition) is 0. The Morgan fingerprint density at radius 2 is 1.00 bits per heavy atom. The largest absolute Gasteiger partial charge is 0.466 e. The quantitative estimate of drug-likeness (QED) is 0.124. The zero-order valence-electron chi connectivity index (χ0n) is 20.5. The molecule has 0 aromatic carbocycles. The number of rotatable bonds is 23. The summed E-state index contributed by atoms with van der Waals surface area (Å²) >= 11 is 0. The molecule has 174 valence electrons. The molecule has 0 rings (SSSR count). The molecular formula is C27H54O2. The Bertz CT molecular complexity index is 324. The first-order chi connectivity index (χ1) is 14.2. The Labute approximate surface area is 184 Å². The van der Waals surface area contributed by atoms with Crippen molar-refractivity contribution in [2.75, 3.05) is 6.61 Å². The van der Waals surface area contributed by atoms with Crippen LogP contribution in [0.5, 0.6) is 0 Å². The second-order valence-corrected chi connectivity index (χ2v) is 9.52. The highest BCUT2D eigenvalue weighted by molar-refractivity contribution is 5.69. The number of esters is 1. The maximum absolute atomic E-state index is 11.7. The van der Waals surface area contributed by atoms with Gasteiger partial charge in [-0.3, -0.25) is 4.79 Å². The number of unbranched alkanes of at least 4 members (excludes halogenated alkanes) is 17. The average Bonchev–Trinajstić information content (AvgIpc) is 2.70. The predicted octanol–water partition coefficient (Wildman–Crippen LogP) is 9.40. The van der Waals surface area contributed by atoms with Gasteiger partial charge in [0.25, 0.3) is 0 Å². The molecule has 0 unspecified atom stereocenters. The van der Waals surface area contributed by atoms with Crippen LogP contribution >= 0.6 is 0 Å². The molecule has 0 atom stereocenters. The van der Waals surface area contributed by atoms with Gasteiger partial charge in [-0.15, -0.1) is 0 Å². The number of carbonyl (C=O) groups excluding carboxylic acids is 1. The van der Waals surface area contributed by atoms with Gasteiger partial charge in [0.05, 0.1) is 6.61 Å². The van der Waals surface area contributed by atoms with Gasteiger partial charge >= 0.3 is 5.97 Å². The number of hydrogen-bond acceptors (Lipinski definition) is 2. The fourth-order valence-corrected chi connectivity index (χ4v) is 3.91. The topological polar surface area (TPSA) is 26.3 Å². The Kier molecular flexibility index (Phi) is 23.3. The molecule has 0 fully saturated rings. The van der Waals surface area contributed by atoms with Crippen LogP contribution in [0.3, 0.4) is 0 Å². The molecule has 0 aromatic rings. The summed E-state index contributed by atoms with van der Waals surface area (Å²) in [6.07, 6.45) is 27.1. The van der Waals surface area contributed by atoms with Crippen molar-refractivity contribution in [3.8, 4) is 0 Å². The van der Waals surface area contributed by atoms with Crippen LogP contribution in [0.15, 0.2) is 0 Å². The van der Waals surface area contributed by atoms with E-state index in [1.807, 2.05) is 0 Å². The minimum absolute atomic E-state index is 0.0143. The molecular weight excluding hydrogens is 356 g/mol. The van der Waals surface area contributed by atoms with Gasteiger partial charge in [0.15, 0.2) is 0 Å². The minimum atomic E-state index is 0.0143. The fraction of sp³-hybridized carbons (Fsp3) is 0.963. The Morgan fingerprint density at radius 3 is 1.48 bits per heavy atom. The van der Waals surface area contributed by atoms with Crippen LogP contribution in [0.1, 0.15) is 156 Å². The summed E-state index contributed by atoms with van der Waals surface area (Å²) in [4.78, 5) is 11.7. The van der Waals surface area contributed by atoms with E-state index in [1.54, 1.807) is 0 Å². The zero-order valence-corrected chi connectivity index (χ0v) is 20.5. The first-order valence-electron chi connectivity index (χ1n) is 13.3. The highest BCUT2D eigenvalue weighted by atomic mass is 16.5. The van der Waals surface area contributed by atoms with E-state index in [1.165, 1.54) is 116 Å². The summed E-state index contributed by atoms with van der Waals surface area (Å²) in [6, 6.07) is 0. The van der Waals surface area contributed by atoms with Crippen LogP contribution in [-0.4, -0.2) is 12.6 Å². The van der Waals surface area contributed by atoms with Crippen LogP contribution in [0.2, 0.25) is 0 Å². The second-order valence-electron chi connectivity index (χ2n) is 9.52. The lowest BCUT2D eigenvalue weighted by Crippen LogP contribution is -2.05. The van der Waals surface area contributed by atoms with Crippen molar-refractivity contribution in [2.45, 2.75) is 156 Å². The number of ether oxygens (including phenoxy) is 1. The lowest BCUT2D eigenvalue weighted by Gasteiger charge is -2.06. The SMILES string of the molecule is CCCCCCCCC(=O)OCCCCCCCCCCCCCCCC(C)C. The molecule has 0 saturated heterocycles. The van der Waals surface area contributed by atoms with Gasteiger partial charge < -0.3 is 4.74 Å². The molecule has 0 aliphatic rings. The highest BCUT2D eigenvalue weighted by Crippen LogP contribution is 2.14. The van der Waals surface area contributed by atoms with Gasteiger partial charge in [-0.05, 0) is 18.8 Å². The van der Waals surface area contributed by atoms with Crippen LogP contribution < -0.4 is 0 Å². The summed E-state index contributed by atoms with van der Waals surface area (Å²) in [5.74, 6) is 0.889. The third-order valence-corrected chi connectivity index (χ3v) is 5.92. The standard InChI is InChI=1S/C27H54O2/c1-4-5-6-7-18-21-24-27(28)29-25-22-19-16-14-12-10-8-9-11-13-15-17-20-23-26(2)3/h26H,4-25H2,1-3H3. The van der Waals surface area contributed by atoms with Crippen LogP contribution in [0.25, 0.3) is 0 Å². The van der Waals surface area contributed by atoms with Crippen molar-refractivity contribution in [3.63, 3.8) is 0 Å². The summed E-state index contributed by atoms with van der Waals surface area (Å²) in [7, 11) is 0. The Balaban J connectivity index is 3.12. The van der Waals surface area contributed by atoms with E-state index >= 15 is 0 Å². The molecule has 0 bridgehead atoms. The molecule has 2 heteroatoms. The molecule has 0 aliphatic carbocycles. The van der Waals surface area contributed by atoms with E-state index in [2.05, 4.69) is 20.8 Å². The third-order valence-electron chi connectivity index (χ3n) is 5.92. The van der Waals surface area contributed by atoms with Crippen LogP contribution in [0.4, 0.5) is 0 Å². The normalized spacial score (nSPS) is 11.3. The molecule has 0 heterocycles. The zero-order chi connectivity index (χ0) is 21.4. The molecule has 0 saturated carbocycles. The van der Waals surface area contributed by atoms with Crippen molar-refractivity contribution in [1.29, 1.82) is 0 Å². The lowest BCUT2D eigenvalue weighted by molar-refractivity contribution is -0.143. The molecule has 0 N–H and O–H groups in total. The van der Waals surface area contributed by atoms with Gasteiger partial charge in [0.2, 0.25) is 0 Å². The van der Waals surface area contributed by atoms with Gasteiger partial charge in [-0.2, -0.15) is 0 Å². The second kappa shape index (κ2) is 23.7. The fourth-order valence-electron chi connectivity index (χ4n) is 3.91. The number of carbonyl (C=O) groups is 1. The molecule has 0 spiro atoms. The lowest BCUT2D eigenvalue weighted by atomic mass is 10.0. The predicted molar refractivity (Wildman–Crippen MR) is 128 cm³/mol. The van der Waals surface area contributed by atoms with Crippen molar-refractivity contribution < 1.29 is 9.53 Å². The molecule has 0 amide bonds. The van der Waals surface area contributed by atoms with Gasteiger partial charge in [-0.25, -0.2) is 0 Å². The van der Waals surface area contributed by atoms with E-state index in [-0.39, 0.29) is 5.97 Å². The van der Waals surface area contributed by atoms with Crippen LogP contribution in [-0.2, 0) is 9.53 Å². The summed E-state index contributed by atoms with van der Waals surface area (Å²) < 4.78 is 5.35. The highest BCUT2D eigenvalue weighted by Gasteiger charge is 2.02. The first-order valence-corrected chi connectivity index (χ1v) is 13.3. The molecule has 29 heavy (non-hydrogen) atoms. The van der Waals surface area contributed by atoms with E-state index < -0.39 is 0 Å². The summed E-state index contributed by atoms with van der Waals surface area (Å²) in [6.45, 7) is 7.51. The monoisotopic (exact) mass is 410 g/mol. The Hall–Kier alpha value is -0.530. The van der Waals surface area contributed by atoms with E-state index in [9.17, 15) is 4.79 Å². The summed E-state index contributed by atoms with van der Waals surface area (Å²) in [5.41, 5.74) is 0. The van der Waals surface area contributed by atoms with Gasteiger partial charge in [-0.1, -0.05) is 136 Å². The van der Waals surface area contributed by atoms with E-state index in [4.69, 9.17) is 4.74 Å². The maximum Gasteiger partial charge on any atom is 0.305 e. The van der Waals surface area contributed by atoms with Crippen molar-refractivity contribution in [2.24, 2.45) is 5.92 Å². The van der Waals surface area contributed by atoms with Gasteiger partial charge in [0, 0.05) is 6.42 Å². The average molecular weight is 411 g/mol. The van der Waals surface area contributed by atoms with E-state index in [0.29, 0.717) is 13.0 Å². The van der Waals surface area contributed by atoms with Gasteiger partial charge in [0.1, 0.15) is 0 Å². The smallest absolute Gasteiger partial charge is 0.305 e. The summed E-state index contributed by atoms with van der Waals surface area (Å²) in [5, 5.41) is 0. The van der Waals surface area contributed by atoms with Crippen molar-refractivity contribution >= 4 is 5.97 Å². The Morgan fingerprint density at radius 1 is 0.586 bits per heavy atom. The molecule has 2 nitrogen and oxygen atoms in total. The first kappa shape index (κ1) is 28.5. The molecule has 0 aromatic heterocycles. The molecule has 0 aliphatic heterocycles. The van der Waals surface area contributed by atoms with E-state index in [0.717, 1.165) is 18.8 Å². The molecule has 0 radical (unpaired) electrons. The van der Waals surface area contributed by atoms with Crippen molar-refractivity contribution in [3.05, 3.63) is 0 Å². The van der Waals surface area contributed by atoms with Crippen molar-refractivity contribution in [1.82, 2.24) is 0 Å². The maximum atomic E-state index is 11.7. The van der Waals surface area contributed by atoms with Crippen LogP contribution in [0, 0.1) is 5.92 Å². The third kappa shape index (κ3) is 25.4.